The van der Waals surface area contributed by atoms with Crippen molar-refractivity contribution in [3.8, 4) is 6.07 Å². The predicted molar refractivity (Wildman–Crippen MR) is 75.7 cm³/mol. The van der Waals surface area contributed by atoms with Crippen LogP contribution in [-0.2, 0) is 19.4 Å². The molecule has 2 aromatic rings. The normalized spacial score (nSPS) is 15.2. The standard InChI is InChI=1S/C16H17N3/c1-2-19-10-8-16-14(11-19)12(7-9-17)13-5-3-4-6-15(13)18-16/h3-6H,2,7-8,10-11H2,1H3. The number of hydrogen-bond donors (Lipinski definition) is 0. The zero-order valence-corrected chi connectivity index (χ0v) is 11.2. The number of rotatable bonds is 2. The molecule has 0 atom stereocenters. The Hall–Kier alpha value is -1.92. The van der Waals surface area contributed by atoms with Gasteiger partial charge in [-0.05, 0) is 23.7 Å². The average molecular weight is 251 g/mol. The van der Waals surface area contributed by atoms with Gasteiger partial charge in [0.05, 0.1) is 18.0 Å². The maximum atomic E-state index is 9.12. The molecular formula is C16H17N3. The zero-order valence-electron chi connectivity index (χ0n) is 11.2. The van der Waals surface area contributed by atoms with E-state index >= 15 is 0 Å². The lowest BCUT2D eigenvalue weighted by Crippen LogP contribution is -2.31. The summed E-state index contributed by atoms with van der Waals surface area (Å²) in [4.78, 5) is 7.21. The van der Waals surface area contributed by atoms with Crippen molar-refractivity contribution >= 4 is 10.9 Å². The molecule has 0 fully saturated rings. The van der Waals surface area contributed by atoms with Crippen molar-refractivity contribution in [2.75, 3.05) is 13.1 Å². The molecule has 1 aromatic heterocycles. The molecule has 3 rings (SSSR count). The summed E-state index contributed by atoms with van der Waals surface area (Å²) in [7, 11) is 0. The van der Waals surface area contributed by atoms with E-state index in [0.29, 0.717) is 6.42 Å². The summed E-state index contributed by atoms with van der Waals surface area (Å²) in [6.07, 6.45) is 1.47. The lowest BCUT2D eigenvalue weighted by Gasteiger charge is -2.29. The molecule has 0 bridgehead atoms. The molecule has 3 heteroatoms. The van der Waals surface area contributed by atoms with Crippen molar-refractivity contribution in [1.29, 1.82) is 5.26 Å². The summed E-state index contributed by atoms with van der Waals surface area (Å²) >= 11 is 0. The Balaban J connectivity index is 2.22. The minimum Gasteiger partial charge on any atom is -0.299 e. The molecule has 0 saturated carbocycles. The van der Waals surface area contributed by atoms with Gasteiger partial charge in [0.2, 0.25) is 0 Å². The van der Waals surface area contributed by atoms with Crippen LogP contribution in [0.15, 0.2) is 24.3 Å². The van der Waals surface area contributed by atoms with Crippen molar-refractivity contribution in [3.05, 3.63) is 41.1 Å². The van der Waals surface area contributed by atoms with Crippen molar-refractivity contribution in [1.82, 2.24) is 9.88 Å². The topological polar surface area (TPSA) is 39.9 Å². The second kappa shape index (κ2) is 4.99. The molecule has 2 heterocycles. The van der Waals surface area contributed by atoms with Crippen molar-refractivity contribution in [3.63, 3.8) is 0 Å². The van der Waals surface area contributed by atoms with E-state index < -0.39 is 0 Å². The van der Waals surface area contributed by atoms with E-state index in [2.05, 4.69) is 24.0 Å². The number of nitrogens with zero attached hydrogens (tertiary/aromatic N) is 3. The molecule has 0 amide bonds. The molecule has 0 saturated heterocycles. The lowest BCUT2D eigenvalue weighted by molar-refractivity contribution is 0.265. The largest absolute Gasteiger partial charge is 0.299 e. The van der Waals surface area contributed by atoms with Crippen LogP contribution in [0.5, 0.6) is 0 Å². The summed E-state index contributed by atoms with van der Waals surface area (Å²) in [5.74, 6) is 0. The third kappa shape index (κ3) is 2.09. The van der Waals surface area contributed by atoms with Gasteiger partial charge in [-0.15, -0.1) is 0 Å². The number of nitriles is 1. The van der Waals surface area contributed by atoms with Gasteiger partial charge in [0, 0.05) is 30.6 Å². The fourth-order valence-corrected chi connectivity index (χ4v) is 2.89. The first-order chi connectivity index (χ1) is 9.33. The molecule has 0 radical (unpaired) electrons. The molecule has 1 aliphatic heterocycles. The fourth-order valence-electron chi connectivity index (χ4n) is 2.89. The van der Waals surface area contributed by atoms with Crippen LogP contribution in [0.2, 0.25) is 0 Å². The Bertz CT molecular complexity index is 655. The number of hydrogen-bond acceptors (Lipinski definition) is 3. The van der Waals surface area contributed by atoms with Gasteiger partial charge in [-0.2, -0.15) is 5.26 Å². The highest BCUT2D eigenvalue weighted by molar-refractivity contribution is 5.84. The van der Waals surface area contributed by atoms with E-state index in [-0.39, 0.29) is 0 Å². The zero-order chi connectivity index (χ0) is 13.2. The maximum Gasteiger partial charge on any atom is 0.0708 e. The van der Waals surface area contributed by atoms with Gasteiger partial charge < -0.3 is 0 Å². The molecule has 0 spiro atoms. The van der Waals surface area contributed by atoms with Crippen molar-refractivity contribution in [2.45, 2.75) is 26.3 Å². The maximum absolute atomic E-state index is 9.12. The van der Waals surface area contributed by atoms with Gasteiger partial charge >= 0.3 is 0 Å². The first-order valence-electron chi connectivity index (χ1n) is 6.82. The van der Waals surface area contributed by atoms with E-state index in [1.165, 1.54) is 16.8 Å². The Kier molecular flexibility index (Phi) is 3.18. The third-order valence-corrected chi connectivity index (χ3v) is 3.95. The Morgan fingerprint density at radius 1 is 1.37 bits per heavy atom. The second-order valence-corrected chi connectivity index (χ2v) is 4.99. The fraction of sp³-hybridized carbons (Fsp3) is 0.375. The summed E-state index contributed by atoms with van der Waals surface area (Å²) in [5, 5.41) is 10.3. The highest BCUT2D eigenvalue weighted by Gasteiger charge is 2.21. The Morgan fingerprint density at radius 3 is 3.00 bits per heavy atom. The highest BCUT2D eigenvalue weighted by Crippen LogP contribution is 2.28. The number of likely N-dealkylation sites (N-methyl/N-ethyl adjacent to an activating group) is 1. The molecule has 0 N–H and O–H groups in total. The van der Waals surface area contributed by atoms with Crippen LogP contribution in [0.25, 0.3) is 10.9 Å². The molecule has 1 aliphatic rings. The Morgan fingerprint density at radius 2 is 2.21 bits per heavy atom. The van der Waals surface area contributed by atoms with Gasteiger partial charge in [-0.25, -0.2) is 0 Å². The monoisotopic (exact) mass is 251 g/mol. The molecule has 96 valence electrons. The van der Waals surface area contributed by atoms with Gasteiger partial charge in [0.15, 0.2) is 0 Å². The molecule has 1 aromatic carbocycles. The highest BCUT2D eigenvalue weighted by atomic mass is 15.1. The van der Waals surface area contributed by atoms with Gasteiger partial charge in [-0.1, -0.05) is 25.1 Å². The molecule has 0 aliphatic carbocycles. The van der Waals surface area contributed by atoms with E-state index in [4.69, 9.17) is 10.2 Å². The minimum absolute atomic E-state index is 0.475. The van der Waals surface area contributed by atoms with E-state index in [1.54, 1.807) is 0 Å². The predicted octanol–water partition coefficient (Wildman–Crippen LogP) is 2.68. The summed E-state index contributed by atoms with van der Waals surface area (Å²) < 4.78 is 0. The van der Waals surface area contributed by atoms with Crippen molar-refractivity contribution < 1.29 is 0 Å². The van der Waals surface area contributed by atoms with E-state index in [1.807, 2.05) is 18.2 Å². The number of fused-ring (bicyclic) bond motifs is 2. The van der Waals surface area contributed by atoms with E-state index in [0.717, 1.165) is 37.0 Å². The SMILES string of the molecule is CCN1CCc2nc3ccccc3c(CC#N)c2C1. The second-order valence-electron chi connectivity index (χ2n) is 4.99. The number of pyridine rings is 1. The number of benzene rings is 1. The number of para-hydroxylation sites is 1. The third-order valence-electron chi connectivity index (χ3n) is 3.95. The van der Waals surface area contributed by atoms with Crippen molar-refractivity contribution in [2.24, 2.45) is 0 Å². The van der Waals surface area contributed by atoms with Crippen LogP contribution in [0.4, 0.5) is 0 Å². The van der Waals surface area contributed by atoms with Gasteiger partial charge in [0.1, 0.15) is 0 Å². The molecular weight excluding hydrogens is 234 g/mol. The quantitative estimate of drug-likeness (QED) is 0.824. The van der Waals surface area contributed by atoms with E-state index in [9.17, 15) is 0 Å². The summed E-state index contributed by atoms with van der Waals surface area (Å²) in [5.41, 5.74) is 4.68. The minimum atomic E-state index is 0.475. The first kappa shape index (κ1) is 12.1. The van der Waals surface area contributed by atoms with Crippen LogP contribution < -0.4 is 0 Å². The van der Waals surface area contributed by atoms with Crippen LogP contribution >= 0.6 is 0 Å². The summed E-state index contributed by atoms with van der Waals surface area (Å²) in [6.45, 7) is 5.24. The summed E-state index contributed by atoms with van der Waals surface area (Å²) in [6, 6.07) is 10.5. The Labute approximate surface area is 113 Å². The van der Waals surface area contributed by atoms with Crippen LogP contribution in [-0.4, -0.2) is 23.0 Å². The number of aromatic nitrogens is 1. The van der Waals surface area contributed by atoms with Crippen LogP contribution in [0.1, 0.15) is 23.7 Å². The smallest absolute Gasteiger partial charge is 0.0708 e. The van der Waals surface area contributed by atoms with Crippen LogP contribution in [0.3, 0.4) is 0 Å². The van der Waals surface area contributed by atoms with Gasteiger partial charge in [0.25, 0.3) is 0 Å². The average Bonchev–Trinajstić information content (AvgIpc) is 2.47. The van der Waals surface area contributed by atoms with Crippen LogP contribution in [0, 0.1) is 11.3 Å². The molecule has 3 nitrogen and oxygen atoms in total. The lowest BCUT2D eigenvalue weighted by atomic mass is 9.94. The first-order valence-corrected chi connectivity index (χ1v) is 6.82. The molecule has 19 heavy (non-hydrogen) atoms. The molecule has 0 unspecified atom stereocenters. The van der Waals surface area contributed by atoms with Gasteiger partial charge in [-0.3, -0.25) is 9.88 Å².